The van der Waals surface area contributed by atoms with Gasteiger partial charge in [-0.05, 0) is 69.8 Å². The summed E-state index contributed by atoms with van der Waals surface area (Å²) < 4.78 is 11.5. The van der Waals surface area contributed by atoms with Crippen LogP contribution in [0.1, 0.15) is 54.1 Å². The maximum atomic E-state index is 11.1. The summed E-state index contributed by atoms with van der Waals surface area (Å²) in [7, 11) is 4.12. The van der Waals surface area contributed by atoms with E-state index in [0.717, 1.165) is 51.0 Å². The first-order valence-electron chi connectivity index (χ1n) is 9.71. The van der Waals surface area contributed by atoms with Crippen LogP contribution in [0, 0.1) is 0 Å². The maximum Gasteiger partial charge on any atom is 0.359 e. The van der Waals surface area contributed by atoms with Gasteiger partial charge in [-0.2, -0.15) is 0 Å². The smallest absolute Gasteiger partial charge is 0.359 e. The summed E-state index contributed by atoms with van der Waals surface area (Å²) in [5.41, 5.74) is 1.22. The van der Waals surface area contributed by atoms with Gasteiger partial charge in [0.05, 0.1) is 6.61 Å². The fraction of sp³-hybridized carbons (Fsp3) is 0.550. The summed E-state index contributed by atoms with van der Waals surface area (Å²) in [5.74, 6) is 0.357. The molecule has 1 aromatic carbocycles. The second kappa shape index (κ2) is 9.54. The molecule has 2 N–H and O–H groups in total. The second-order valence-electron chi connectivity index (χ2n) is 7.46. The molecule has 0 saturated heterocycles. The van der Waals surface area contributed by atoms with Crippen molar-refractivity contribution < 1.29 is 19.4 Å². The molecular formula is C20H28N4O4. The van der Waals surface area contributed by atoms with Crippen LogP contribution in [0.4, 0.5) is 0 Å². The normalized spacial score (nSPS) is 19.5. The molecule has 1 aliphatic rings. The number of aromatic nitrogens is 3. The Hall–Kier alpha value is -2.61. The van der Waals surface area contributed by atoms with Gasteiger partial charge >= 0.3 is 5.97 Å². The standard InChI is InChI=1S/C20H28N4O4/c1-24(2)12-3-13-27-16-8-4-14(5-9-16)15-6-10-17(11-7-15)28-19-18(20(25)26)21-23-22-19/h4-5,8-9,15,17H,3,6-7,10-13H2,1-2H3,(H,25,26)(H,21,22,23)/t15-,17-. The van der Waals surface area contributed by atoms with E-state index in [1.165, 1.54) is 5.56 Å². The fourth-order valence-corrected chi connectivity index (χ4v) is 3.52. The van der Waals surface area contributed by atoms with Crippen LogP contribution in [0.2, 0.25) is 0 Å². The van der Waals surface area contributed by atoms with Gasteiger partial charge in [-0.15, -0.1) is 0 Å². The number of ether oxygens (including phenoxy) is 2. The van der Waals surface area contributed by atoms with E-state index in [4.69, 9.17) is 14.6 Å². The van der Waals surface area contributed by atoms with Crippen LogP contribution in [0.5, 0.6) is 11.6 Å². The van der Waals surface area contributed by atoms with Gasteiger partial charge in [0.1, 0.15) is 11.9 Å². The lowest BCUT2D eigenvalue weighted by Crippen LogP contribution is -2.24. The van der Waals surface area contributed by atoms with Crippen molar-refractivity contribution >= 4 is 5.97 Å². The molecule has 8 heteroatoms. The average Bonchev–Trinajstić information content (AvgIpc) is 3.15. The molecule has 1 heterocycles. The number of carboxylic acids is 1. The van der Waals surface area contributed by atoms with E-state index in [1.807, 2.05) is 12.1 Å². The monoisotopic (exact) mass is 388 g/mol. The zero-order chi connectivity index (χ0) is 19.9. The van der Waals surface area contributed by atoms with Gasteiger partial charge in [0, 0.05) is 6.54 Å². The van der Waals surface area contributed by atoms with Gasteiger partial charge in [-0.25, -0.2) is 9.89 Å². The van der Waals surface area contributed by atoms with Crippen molar-refractivity contribution in [2.45, 2.75) is 44.1 Å². The van der Waals surface area contributed by atoms with Crippen molar-refractivity contribution in [2.24, 2.45) is 0 Å². The van der Waals surface area contributed by atoms with Gasteiger partial charge < -0.3 is 19.5 Å². The molecule has 0 amide bonds. The number of rotatable bonds is 9. The van der Waals surface area contributed by atoms with E-state index in [1.54, 1.807) is 0 Å². The van der Waals surface area contributed by atoms with E-state index < -0.39 is 5.97 Å². The minimum Gasteiger partial charge on any atom is -0.494 e. The predicted octanol–water partition coefficient (Wildman–Crippen LogP) is 2.94. The van der Waals surface area contributed by atoms with E-state index in [-0.39, 0.29) is 17.7 Å². The average molecular weight is 388 g/mol. The molecule has 152 valence electrons. The number of carbonyl (C=O) groups is 1. The Bertz CT molecular complexity index is 752. The summed E-state index contributed by atoms with van der Waals surface area (Å²) in [6, 6.07) is 8.38. The van der Waals surface area contributed by atoms with Crippen LogP contribution < -0.4 is 9.47 Å². The number of nitrogens with one attached hydrogen (secondary N) is 1. The molecule has 0 atom stereocenters. The lowest BCUT2D eigenvalue weighted by atomic mass is 9.83. The highest BCUT2D eigenvalue weighted by molar-refractivity contribution is 5.87. The summed E-state index contributed by atoms with van der Waals surface area (Å²) in [4.78, 5) is 13.2. The van der Waals surface area contributed by atoms with Crippen molar-refractivity contribution in [1.29, 1.82) is 0 Å². The number of carboxylic acid groups (broad SMARTS) is 1. The van der Waals surface area contributed by atoms with Gasteiger partial charge in [-0.1, -0.05) is 22.4 Å². The maximum absolute atomic E-state index is 11.1. The summed E-state index contributed by atoms with van der Waals surface area (Å²) >= 11 is 0. The molecular weight excluding hydrogens is 360 g/mol. The Balaban J connectivity index is 1.45. The van der Waals surface area contributed by atoms with Gasteiger partial charge in [-0.3, -0.25) is 0 Å². The first-order valence-corrected chi connectivity index (χ1v) is 9.71. The molecule has 0 radical (unpaired) electrons. The lowest BCUT2D eigenvalue weighted by molar-refractivity contribution is 0.0678. The van der Waals surface area contributed by atoms with E-state index in [9.17, 15) is 4.79 Å². The van der Waals surface area contributed by atoms with Crippen LogP contribution in [0.25, 0.3) is 0 Å². The molecule has 0 aliphatic heterocycles. The Morgan fingerprint density at radius 3 is 2.57 bits per heavy atom. The molecule has 1 fully saturated rings. The molecule has 3 rings (SSSR count). The molecule has 0 bridgehead atoms. The minimum absolute atomic E-state index is 0.0289. The number of benzene rings is 1. The quantitative estimate of drug-likeness (QED) is 0.637. The fourth-order valence-electron chi connectivity index (χ4n) is 3.52. The number of hydrogen-bond acceptors (Lipinski definition) is 6. The van der Waals surface area contributed by atoms with Gasteiger partial charge in [0.25, 0.3) is 5.88 Å². The van der Waals surface area contributed by atoms with Crippen LogP contribution in [-0.2, 0) is 0 Å². The number of nitrogens with zero attached hydrogens (tertiary/aromatic N) is 3. The third-order valence-electron chi connectivity index (χ3n) is 5.05. The van der Waals surface area contributed by atoms with Crippen LogP contribution >= 0.6 is 0 Å². The van der Waals surface area contributed by atoms with Crippen LogP contribution in [0.3, 0.4) is 0 Å². The Morgan fingerprint density at radius 1 is 1.21 bits per heavy atom. The SMILES string of the molecule is CN(C)CCCOc1ccc([C@H]2CC[C@H](Oc3nn[nH]c3C(=O)O)CC2)cc1. The highest BCUT2D eigenvalue weighted by Crippen LogP contribution is 2.35. The molecule has 2 aromatic rings. The molecule has 0 spiro atoms. The van der Waals surface area contributed by atoms with E-state index in [0.29, 0.717) is 5.92 Å². The zero-order valence-corrected chi connectivity index (χ0v) is 16.4. The predicted molar refractivity (Wildman–Crippen MR) is 104 cm³/mol. The number of hydrogen-bond donors (Lipinski definition) is 2. The van der Waals surface area contributed by atoms with E-state index in [2.05, 4.69) is 46.5 Å². The number of aromatic carboxylic acids is 1. The highest BCUT2D eigenvalue weighted by Gasteiger charge is 2.26. The first kappa shape index (κ1) is 20.1. The van der Waals surface area contributed by atoms with Crippen molar-refractivity contribution in [3.05, 3.63) is 35.5 Å². The highest BCUT2D eigenvalue weighted by atomic mass is 16.5. The summed E-state index contributed by atoms with van der Waals surface area (Å²) in [5, 5.41) is 18.7. The molecule has 0 unspecified atom stereocenters. The molecule has 28 heavy (non-hydrogen) atoms. The summed E-state index contributed by atoms with van der Waals surface area (Å²) in [6.07, 6.45) is 4.69. The minimum atomic E-state index is -1.11. The molecule has 8 nitrogen and oxygen atoms in total. The molecule has 1 aliphatic carbocycles. The van der Waals surface area contributed by atoms with Gasteiger partial charge in [0.15, 0.2) is 0 Å². The van der Waals surface area contributed by atoms with Crippen LogP contribution in [-0.4, -0.2) is 64.7 Å². The van der Waals surface area contributed by atoms with E-state index >= 15 is 0 Å². The third kappa shape index (κ3) is 5.45. The van der Waals surface area contributed by atoms with Crippen LogP contribution in [0.15, 0.2) is 24.3 Å². The molecule has 1 aromatic heterocycles. The number of aromatic amines is 1. The Labute approximate surface area is 164 Å². The van der Waals surface area contributed by atoms with Crippen molar-refractivity contribution in [3.63, 3.8) is 0 Å². The Morgan fingerprint density at radius 2 is 1.93 bits per heavy atom. The largest absolute Gasteiger partial charge is 0.494 e. The van der Waals surface area contributed by atoms with Crippen molar-refractivity contribution in [3.8, 4) is 11.6 Å². The van der Waals surface area contributed by atoms with Crippen molar-refractivity contribution in [2.75, 3.05) is 27.2 Å². The molecule has 1 saturated carbocycles. The first-order chi connectivity index (χ1) is 13.5. The Kier molecular flexibility index (Phi) is 6.86. The van der Waals surface area contributed by atoms with Gasteiger partial charge in [0.2, 0.25) is 5.69 Å². The summed E-state index contributed by atoms with van der Waals surface area (Å²) in [6.45, 7) is 1.74. The third-order valence-corrected chi connectivity index (χ3v) is 5.05. The number of H-pyrrole nitrogens is 1. The second-order valence-corrected chi connectivity index (χ2v) is 7.46. The van der Waals surface area contributed by atoms with Crippen molar-refractivity contribution in [1.82, 2.24) is 20.3 Å². The zero-order valence-electron chi connectivity index (χ0n) is 16.4. The lowest BCUT2D eigenvalue weighted by Gasteiger charge is -2.28. The topological polar surface area (TPSA) is 101 Å².